The molecule has 31 heavy (non-hydrogen) atoms. The fourth-order valence-electron chi connectivity index (χ4n) is 3.15. The monoisotopic (exact) mass is 501 g/mol. The molecule has 0 aliphatic carbocycles. The summed E-state index contributed by atoms with van der Waals surface area (Å²) in [5.74, 6) is -0.357. The molecule has 0 saturated heterocycles. The third-order valence-corrected chi connectivity index (χ3v) is 6.91. The SMILES string of the molecule is CC(C)(NS(=O)(=O)c1ccc(Br)cc1NCc1cccc(F)c1)c1cccc(C#N)c1. The number of halogens is 2. The van der Waals surface area contributed by atoms with Gasteiger partial charge in [0, 0.05) is 11.0 Å². The highest BCUT2D eigenvalue weighted by Gasteiger charge is 2.29. The van der Waals surface area contributed by atoms with Crippen molar-refractivity contribution in [1.82, 2.24) is 4.72 Å². The van der Waals surface area contributed by atoms with E-state index < -0.39 is 15.6 Å². The largest absolute Gasteiger partial charge is 0.380 e. The topological polar surface area (TPSA) is 82.0 Å². The Morgan fingerprint density at radius 2 is 1.81 bits per heavy atom. The second-order valence-corrected chi connectivity index (χ2v) is 10.1. The zero-order valence-electron chi connectivity index (χ0n) is 17.0. The summed E-state index contributed by atoms with van der Waals surface area (Å²) in [5.41, 5.74) is 1.23. The van der Waals surface area contributed by atoms with E-state index in [0.717, 1.165) is 0 Å². The number of anilines is 1. The van der Waals surface area contributed by atoms with Crippen LogP contribution in [0.3, 0.4) is 0 Å². The Bertz CT molecular complexity index is 1250. The van der Waals surface area contributed by atoms with E-state index >= 15 is 0 Å². The molecule has 0 radical (unpaired) electrons. The Morgan fingerprint density at radius 1 is 1.06 bits per heavy atom. The first-order valence-electron chi connectivity index (χ1n) is 9.43. The second kappa shape index (κ2) is 9.18. The van der Waals surface area contributed by atoms with E-state index in [1.54, 1.807) is 62.4 Å². The average Bonchev–Trinajstić information content (AvgIpc) is 2.71. The van der Waals surface area contributed by atoms with E-state index in [1.807, 2.05) is 0 Å². The molecule has 3 aromatic rings. The third-order valence-electron chi connectivity index (χ3n) is 4.71. The first-order valence-corrected chi connectivity index (χ1v) is 11.7. The van der Waals surface area contributed by atoms with Crippen LogP contribution in [0.15, 0.2) is 76.1 Å². The molecule has 0 unspecified atom stereocenters. The van der Waals surface area contributed by atoms with Crippen LogP contribution in [0.2, 0.25) is 0 Å². The number of sulfonamides is 1. The molecule has 0 amide bonds. The molecular formula is C23H21BrFN3O2S. The molecular weight excluding hydrogens is 481 g/mol. The number of nitrogens with one attached hydrogen (secondary N) is 2. The molecule has 0 heterocycles. The van der Waals surface area contributed by atoms with Crippen LogP contribution in [0.25, 0.3) is 0 Å². The predicted octanol–water partition coefficient (Wildman–Crippen LogP) is 5.29. The molecule has 0 aromatic heterocycles. The fourth-order valence-corrected chi connectivity index (χ4v) is 5.07. The lowest BCUT2D eigenvalue weighted by Gasteiger charge is -2.27. The average molecular weight is 502 g/mol. The Labute approximate surface area is 190 Å². The van der Waals surface area contributed by atoms with Crippen molar-refractivity contribution in [2.24, 2.45) is 0 Å². The summed E-state index contributed by atoms with van der Waals surface area (Å²) in [6, 6.07) is 19.8. The summed E-state index contributed by atoms with van der Waals surface area (Å²) in [5, 5.41) is 12.2. The van der Waals surface area contributed by atoms with E-state index in [9.17, 15) is 12.8 Å². The van der Waals surface area contributed by atoms with Crippen molar-refractivity contribution in [3.63, 3.8) is 0 Å². The highest BCUT2D eigenvalue weighted by molar-refractivity contribution is 9.10. The molecule has 3 aromatic carbocycles. The summed E-state index contributed by atoms with van der Waals surface area (Å²) in [6.45, 7) is 3.73. The van der Waals surface area contributed by atoms with Gasteiger partial charge in [-0.05, 0) is 67.4 Å². The number of nitrogens with zero attached hydrogens (tertiary/aromatic N) is 1. The molecule has 0 bridgehead atoms. The number of nitriles is 1. The van der Waals surface area contributed by atoms with Crippen molar-refractivity contribution in [2.75, 3.05) is 5.32 Å². The van der Waals surface area contributed by atoms with Crippen LogP contribution in [0, 0.1) is 17.1 Å². The van der Waals surface area contributed by atoms with Crippen LogP contribution in [0.4, 0.5) is 10.1 Å². The normalized spacial score (nSPS) is 11.7. The lowest BCUT2D eigenvalue weighted by atomic mass is 9.94. The summed E-state index contributed by atoms with van der Waals surface area (Å²) < 4.78 is 43.5. The van der Waals surface area contributed by atoms with Gasteiger partial charge in [0.2, 0.25) is 10.0 Å². The van der Waals surface area contributed by atoms with Crippen molar-refractivity contribution in [1.29, 1.82) is 5.26 Å². The fraction of sp³-hybridized carbons (Fsp3) is 0.174. The minimum absolute atomic E-state index is 0.0663. The highest BCUT2D eigenvalue weighted by atomic mass is 79.9. The maximum absolute atomic E-state index is 13.5. The molecule has 5 nitrogen and oxygen atoms in total. The van der Waals surface area contributed by atoms with Crippen LogP contribution >= 0.6 is 15.9 Å². The van der Waals surface area contributed by atoms with E-state index in [-0.39, 0.29) is 17.3 Å². The molecule has 0 spiro atoms. The van der Waals surface area contributed by atoms with Gasteiger partial charge in [-0.2, -0.15) is 5.26 Å². The minimum Gasteiger partial charge on any atom is -0.380 e. The van der Waals surface area contributed by atoms with Gasteiger partial charge in [-0.1, -0.05) is 40.2 Å². The van der Waals surface area contributed by atoms with Crippen LogP contribution in [0.1, 0.15) is 30.5 Å². The Balaban J connectivity index is 1.90. The van der Waals surface area contributed by atoms with Crippen LogP contribution in [0.5, 0.6) is 0 Å². The Morgan fingerprint density at radius 3 is 2.52 bits per heavy atom. The smallest absolute Gasteiger partial charge is 0.243 e. The van der Waals surface area contributed by atoms with E-state index in [2.05, 4.69) is 32.0 Å². The van der Waals surface area contributed by atoms with Gasteiger partial charge in [0.05, 0.1) is 22.9 Å². The molecule has 0 atom stereocenters. The number of benzene rings is 3. The van der Waals surface area contributed by atoms with Crippen molar-refractivity contribution in [3.05, 3.63) is 93.7 Å². The van der Waals surface area contributed by atoms with E-state index in [4.69, 9.17) is 5.26 Å². The lowest BCUT2D eigenvalue weighted by Crippen LogP contribution is -2.41. The second-order valence-electron chi connectivity index (χ2n) is 7.55. The molecule has 0 saturated carbocycles. The molecule has 8 heteroatoms. The molecule has 0 aliphatic heterocycles. The summed E-state index contributed by atoms with van der Waals surface area (Å²) in [7, 11) is -3.94. The van der Waals surface area contributed by atoms with Gasteiger partial charge in [0.15, 0.2) is 0 Å². The van der Waals surface area contributed by atoms with Gasteiger partial charge in [0.25, 0.3) is 0 Å². The zero-order chi connectivity index (χ0) is 22.6. The van der Waals surface area contributed by atoms with E-state index in [1.165, 1.54) is 18.2 Å². The van der Waals surface area contributed by atoms with Crippen LogP contribution < -0.4 is 10.0 Å². The number of rotatable bonds is 7. The molecule has 2 N–H and O–H groups in total. The quantitative estimate of drug-likeness (QED) is 0.460. The summed E-state index contributed by atoms with van der Waals surface area (Å²) in [6.07, 6.45) is 0. The van der Waals surface area contributed by atoms with Gasteiger partial charge in [-0.3, -0.25) is 0 Å². The van der Waals surface area contributed by atoms with Gasteiger partial charge in [0.1, 0.15) is 10.7 Å². The Hall–Kier alpha value is -2.73. The summed E-state index contributed by atoms with van der Waals surface area (Å²) in [4.78, 5) is 0.0663. The Kier molecular flexibility index (Phi) is 6.80. The van der Waals surface area contributed by atoms with Crippen LogP contribution in [-0.4, -0.2) is 8.42 Å². The summed E-state index contributed by atoms with van der Waals surface area (Å²) >= 11 is 3.37. The first-order chi connectivity index (χ1) is 14.6. The maximum Gasteiger partial charge on any atom is 0.243 e. The van der Waals surface area contributed by atoms with E-state index in [0.29, 0.717) is 26.9 Å². The van der Waals surface area contributed by atoms with Crippen molar-refractivity contribution in [3.8, 4) is 6.07 Å². The van der Waals surface area contributed by atoms with Crippen LogP contribution in [-0.2, 0) is 22.1 Å². The predicted molar refractivity (Wildman–Crippen MR) is 122 cm³/mol. The van der Waals surface area contributed by atoms with Crippen molar-refractivity contribution in [2.45, 2.75) is 30.8 Å². The van der Waals surface area contributed by atoms with Gasteiger partial charge in [-0.15, -0.1) is 0 Å². The molecule has 0 fully saturated rings. The minimum atomic E-state index is -3.94. The number of hydrogen-bond donors (Lipinski definition) is 2. The van der Waals surface area contributed by atoms with Gasteiger partial charge in [-0.25, -0.2) is 17.5 Å². The molecule has 3 rings (SSSR count). The highest BCUT2D eigenvalue weighted by Crippen LogP contribution is 2.29. The van der Waals surface area contributed by atoms with Gasteiger partial charge < -0.3 is 5.32 Å². The van der Waals surface area contributed by atoms with Crippen molar-refractivity contribution >= 4 is 31.6 Å². The zero-order valence-corrected chi connectivity index (χ0v) is 19.4. The standard InChI is InChI=1S/C23H21BrFN3O2S/c1-23(2,18-7-3-5-16(11-18)14-26)28-31(29,30)22-10-9-19(24)13-21(22)27-15-17-6-4-8-20(25)12-17/h3-13,27-28H,15H2,1-2H3. The molecule has 160 valence electrons. The number of hydrogen-bond acceptors (Lipinski definition) is 4. The first kappa shape index (κ1) is 22.9. The third kappa shape index (κ3) is 5.70. The molecule has 0 aliphatic rings. The van der Waals surface area contributed by atoms with Gasteiger partial charge >= 0.3 is 0 Å². The van der Waals surface area contributed by atoms with Crippen molar-refractivity contribution < 1.29 is 12.8 Å². The maximum atomic E-state index is 13.5. The lowest BCUT2D eigenvalue weighted by molar-refractivity contribution is 0.472.